The molecule has 0 fully saturated rings. The minimum atomic E-state index is -0.335. The molecule has 108 valence electrons. The summed E-state index contributed by atoms with van der Waals surface area (Å²) in [5.41, 5.74) is -0.254. The molecule has 18 heavy (non-hydrogen) atoms. The highest BCUT2D eigenvalue weighted by atomic mass is 16.5. The molecule has 0 aromatic rings. The Balaban J connectivity index is 4.80. The molecule has 2 atom stereocenters. The lowest BCUT2D eigenvalue weighted by Gasteiger charge is -2.37. The summed E-state index contributed by atoms with van der Waals surface area (Å²) in [7, 11) is 1.72. The van der Waals surface area contributed by atoms with Gasteiger partial charge in [0.15, 0.2) is 0 Å². The summed E-state index contributed by atoms with van der Waals surface area (Å²) in [5, 5.41) is 9.09. The Bertz CT molecular complexity index is 239. The lowest BCUT2D eigenvalue weighted by Crippen LogP contribution is -2.48. The molecule has 0 bridgehead atoms. The second kappa shape index (κ2) is 8.48. The summed E-state index contributed by atoms with van der Waals surface area (Å²) in [6.07, 6.45) is 2.86. The Hall–Kier alpha value is -0.610. The van der Waals surface area contributed by atoms with E-state index in [1.54, 1.807) is 18.9 Å². The minimum absolute atomic E-state index is 0.00554. The third-order valence-corrected chi connectivity index (χ3v) is 3.65. The number of aliphatic hydroxyl groups excluding tert-OH is 1. The molecule has 0 radical (unpaired) electrons. The van der Waals surface area contributed by atoms with Crippen molar-refractivity contribution in [1.82, 2.24) is 4.90 Å². The monoisotopic (exact) mass is 259 g/mol. The van der Waals surface area contributed by atoms with Crippen LogP contribution in [-0.4, -0.2) is 48.3 Å². The first-order valence-electron chi connectivity index (χ1n) is 6.95. The van der Waals surface area contributed by atoms with Crippen LogP contribution in [0.1, 0.15) is 47.0 Å². The second-order valence-corrected chi connectivity index (χ2v) is 4.93. The topological polar surface area (TPSA) is 49.8 Å². The number of hydrogen-bond donors (Lipinski definition) is 1. The van der Waals surface area contributed by atoms with Crippen molar-refractivity contribution >= 4 is 5.91 Å². The highest BCUT2D eigenvalue weighted by Gasteiger charge is 2.32. The first-order valence-corrected chi connectivity index (χ1v) is 6.95. The zero-order valence-electron chi connectivity index (χ0n) is 12.5. The molecule has 1 N–H and O–H groups in total. The molecule has 0 aliphatic carbocycles. The van der Waals surface area contributed by atoms with Crippen LogP contribution >= 0.6 is 0 Å². The molecule has 0 aromatic heterocycles. The predicted octanol–water partition coefficient (Wildman–Crippen LogP) is 2.06. The first-order chi connectivity index (χ1) is 8.50. The molecule has 4 nitrogen and oxygen atoms in total. The van der Waals surface area contributed by atoms with E-state index in [-0.39, 0.29) is 24.0 Å². The molecule has 2 unspecified atom stereocenters. The quantitative estimate of drug-likeness (QED) is 0.689. The predicted molar refractivity (Wildman–Crippen MR) is 73.4 cm³/mol. The van der Waals surface area contributed by atoms with Gasteiger partial charge in [-0.1, -0.05) is 27.2 Å². The maximum Gasteiger partial charge on any atom is 0.227 e. The third-order valence-electron chi connectivity index (χ3n) is 3.65. The number of likely N-dealkylation sites (N-methyl/N-ethyl adjacent to an activating group) is 1. The maximum atomic E-state index is 12.1. The van der Waals surface area contributed by atoms with Gasteiger partial charge in [0.05, 0.1) is 18.1 Å². The van der Waals surface area contributed by atoms with Crippen molar-refractivity contribution in [1.29, 1.82) is 0 Å². The van der Waals surface area contributed by atoms with Gasteiger partial charge in [0, 0.05) is 20.2 Å². The number of nitrogens with zero attached hydrogens (tertiary/aromatic N) is 1. The summed E-state index contributed by atoms with van der Waals surface area (Å²) >= 11 is 0. The van der Waals surface area contributed by atoms with Crippen LogP contribution in [0, 0.1) is 5.92 Å². The van der Waals surface area contributed by atoms with Gasteiger partial charge < -0.3 is 14.7 Å². The number of carbonyl (C=O) groups excluding carboxylic acids is 1. The van der Waals surface area contributed by atoms with E-state index in [1.807, 2.05) is 6.92 Å². The van der Waals surface area contributed by atoms with Gasteiger partial charge in [0.25, 0.3) is 0 Å². The zero-order valence-corrected chi connectivity index (χ0v) is 12.5. The molecule has 0 rings (SSSR count). The Morgan fingerprint density at radius 1 is 1.39 bits per heavy atom. The van der Waals surface area contributed by atoms with Crippen molar-refractivity contribution in [2.75, 3.05) is 26.8 Å². The van der Waals surface area contributed by atoms with Gasteiger partial charge >= 0.3 is 0 Å². The van der Waals surface area contributed by atoms with Crippen LogP contribution in [0.25, 0.3) is 0 Å². The van der Waals surface area contributed by atoms with E-state index < -0.39 is 0 Å². The molecule has 0 spiro atoms. The summed E-state index contributed by atoms with van der Waals surface area (Å²) < 4.78 is 5.67. The van der Waals surface area contributed by atoms with Gasteiger partial charge in [0.2, 0.25) is 5.91 Å². The molecular formula is C14H29NO3. The summed E-state index contributed by atoms with van der Waals surface area (Å²) in [6.45, 7) is 9.08. The van der Waals surface area contributed by atoms with Crippen molar-refractivity contribution < 1.29 is 14.6 Å². The molecule has 0 heterocycles. The lowest BCUT2D eigenvalue weighted by atomic mass is 9.93. The average molecular weight is 259 g/mol. The highest BCUT2D eigenvalue weighted by molar-refractivity contribution is 5.78. The number of rotatable bonds is 9. The molecule has 4 heteroatoms. The van der Waals surface area contributed by atoms with Crippen LogP contribution in [0.4, 0.5) is 0 Å². The largest absolute Gasteiger partial charge is 0.396 e. The number of hydrogen-bond acceptors (Lipinski definition) is 3. The number of carbonyl (C=O) groups is 1. The van der Waals surface area contributed by atoms with E-state index >= 15 is 0 Å². The number of methoxy groups -OCH3 is 1. The molecule has 0 aliphatic rings. The fourth-order valence-electron chi connectivity index (χ4n) is 2.22. The van der Waals surface area contributed by atoms with Crippen LogP contribution in [0.3, 0.4) is 0 Å². The van der Waals surface area contributed by atoms with E-state index in [0.717, 1.165) is 19.3 Å². The van der Waals surface area contributed by atoms with Crippen LogP contribution in [0.2, 0.25) is 0 Å². The Labute approximate surface area is 111 Å². The van der Waals surface area contributed by atoms with Gasteiger partial charge in [-0.15, -0.1) is 0 Å². The summed E-state index contributed by atoms with van der Waals surface area (Å²) in [5.74, 6) is -0.330. The second-order valence-electron chi connectivity index (χ2n) is 4.93. The third kappa shape index (κ3) is 4.58. The van der Waals surface area contributed by atoms with Gasteiger partial charge in [-0.2, -0.15) is 0 Å². The van der Waals surface area contributed by atoms with E-state index in [0.29, 0.717) is 13.1 Å². The fourth-order valence-corrected chi connectivity index (χ4v) is 2.22. The summed E-state index contributed by atoms with van der Waals surface area (Å²) in [6, 6.07) is 0. The van der Waals surface area contributed by atoms with Crippen LogP contribution in [0.5, 0.6) is 0 Å². The Morgan fingerprint density at radius 2 is 2.00 bits per heavy atom. The van der Waals surface area contributed by atoms with Crippen molar-refractivity contribution in [3.63, 3.8) is 0 Å². The van der Waals surface area contributed by atoms with E-state index in [4.69, 9.17) is 9.84 Å². The van der Waals surface area contributed by atoms with Gasteiger partial charge in [0.1, 0.15) is 0 Å². The van der Waals surface area contributed by atoms with Gasteiger partial charge in [-0.05, 0) is 19.8 Å². The fraction of sp³-hybridized carbons (Fsp3) is 0.929. The molecule has 0 saturated carbocycles. The molecule has 1 amide bonds. The van der Waals surface area contributed by atoms with Gasteiger partial charge in [-0.3, -0.25) is 4.79 Å². The standard InChI is InChI=1S/C14H29NO3/c1-6-9-14(7-2,18-5)11-15(8-3)13(17)12(4)10-16/h12,16H,6-11H2,1-5H3. The van der Waals surface area contributed by atoms with Crippen molar-refractivity contribution in [2.24, 2.45) is 5.92 Å². The zero-order chi connectivity index (χ0) is 14.2. The number of ether oxygens (including phenoxy) is 1. The van der Waals surface area contributed by atoms with Crippen LogP contribution < -0.4 is 0 Å². The average Bonchev–Trinajstić information content (AvgIpc) is 2.41. The van der Waals surface area contributed by atoms with Crippen molar-refractivity contribution in [3.05, 3.63) is 0 Å². The van der Waals surface area contributed by atoms with E-state index in [2.05, 4.69) is 13.8 Å². The Kier molecular flexibility index (Phi) is 8.20. The van der Waals surface area contributed by atoms with Crippen LogP contribution in [0.15, 0.2) is 0 Å². The Morgan fingerprint density at radius 3 is 2.33 bits per heavy atom. The maximum absolute atomic E-state index is 12.1. The smallest absolute Gasteiger partial charge is 0.227 e. The highest BCUT2D eigenvalue weighted by Crippen LogP contribution is 2.23. The molecular weight excluding hydrogens is 230 g/mol. The van der Waals surface area contributed by atoms with Crippen LogP contribution in [-0.2, 0) is 9.53 Å². The SMILES string of the molecule is CCCC(CC)(CN(CC)C(=O)C(C)CO)OC. The number of amides is 1. The lowest BCUT2D eigenvalue weighted by molar-refractivity contribution is -0.141. The normalized spacial score (nSPS) is 16.1. The van der Waals surface area contributed by atoms with Gasteiger partial charge in [-0.25, -0.2) is 0 Å². The number of aliphatic hydroxyl groups is 1. The molecule has 0 saturated heterocycles. The molecule has 0 aliphatic heterocycles. The first kappa shape index (κ1) is 17.4. The van der Waals surface area contributed by atoms with E-state index in [9.17, 15) is 4.79 Å². The van der Waals surface area contributed by atoms with Crippen molar-refractivity contribution in [3.8, 4) is 0 Å². The van der Waals surface area contributed by atoms with E-state index in [1.165, 1.54) is 0 Å². The van der Waals surface area contributed by atoms with Crippen molar-refractivity contribution in [2.45, 2.75) is 52.6 Å². The molecule has 0 aromatic carbocycles. The minimum Gasteiger partial charge on any atom is -0.396 e. The summed E-state index contributed by atoms with van der Waals surface area (Å²) in [4.78, 5) is 13.9.